The molecule has 35 heavy (non-hydrogen) atoms. The van der Waals surface area contributed by atoms with Crippen LogP contribution in [0.2, 0.25) is 5.02 Å². The van der Waals surface area contributed by atoms with Crippen molar-refractivity contribution in [2.24, 2.45) is 10.9 Å². The minimum Gasteiger partial charge on any atom is -0.348 e. The van der Waals surface area contributed by atoms with Gasteiger partial charge in [-0.3, -0.25) is 9.79 Å². The van der Waals surface area contributed by atoms with E-state index in [1.807, 2.05) is 6.07 Å². The Balaban J connectivity index is 1.55. The zero-order valence-corrected chi connectivity index (χ0v) is 19.9. The van der Waals surface area contributed by atoms with Gasteiger partial charge >= 0.3 is 0 Å². The summed E-state index contributed by atoms with van der Waals surface area (Å²) in [5.41, 5.74) is 2.40. The first-order chi connectivity index (χ1) is 16.8. The maximum absolute atomic E-state index is 13.6. The Bertz CT molecular complexity index is 1510. The van der Waals surface area contributed by atoms with Crippen LogP contribution in [0.3, 0.4) is 0 Å². The lowest BCUT2D eigenvalue weighted by Crippen LogP contribution is -2.32. The highest BCUT2D eigenvalue weighted by Crippen LogP contribution is 2.39. The third kappa shape index (κ3) is 4.57. The summed E-state index contributed by atoms with van der Waals surface area (Å²) in [5.74, 6) is -1.32. The van der Waals surface area contributed by atoms with Crippen LogP contribution < -0.4 is 5.32 Å². The number of nitrogens with one attached hydrogen (secondary N) is 1. The molecule has 1 amide bonds. The second-order valence-corrected chi connectivity index (χ2v) is 10.8. The fourth-order valence-electron chi connectivity index (χ4n) is 4.28. The SMILES string of the molecule is O=C(NCc1cccc(Cl)c1)c1ccc2c(c1)N=C(c1ccc(F)cc1)C1C=CC=CC1S2(=O)=O. The molecule has 5 nitrogen and oxygen atoms in total. The lowest BCUT2D eigenvalue weighted by molar-refractivity contribution is 0.0951. The minimum atomic E-state index is -3.80. The van der Waals surface area contributed by atoms with E-state index in [1.165, 1.54) is 30.3 Å². The van der Waals surface area contributed by atoms with Crippen molar-refractivity contribution < 1.29 is 17.6 Å². The highest BCUT2D eigenvalue weighted by Gasteiger charge is 2.39. The lowest BCUT2D eigenvalue weighted by Gasteiger charge is -2.23. The quantitative estimate of drug-likeness (QED) is 0.513. The van der Waals surface area contributed by atoms with Crippen LogP contribution in [0.15, 0.2) is 101 Å². The number of allylic oxidation sites excluding steroid dienone is 3. The van der Waals surface area contributed by atoms with E-state index >= 15 is 0 Å². The van der Waals surface area contributed by atoms with Crippen LogP contribution in [0, 0.1) is 11.7 Å². The van der Waals surface area contributed by atoms with Gasteiger partial charge in [-0.05, 0) is 53.6 Å². The number of aliphatic imine (C=N–C) groups is 1. The van der Waals surface area contributed by atoms with Crippen molar-refractivity contribution in [3.05, 3.63) is 119 Å². The molecule has 1 aliphatic heterocycles. The van der Waals surface area contributed by atoms with E-state index in [1.54, 1.807) is 54.6 Å². The van der Waals surface area contributed by atoms with Gasteiger partial charge in [0, 0.05) is 23.0 Å². The second-order valence-electron chi connectivity index (χ2n) is 8.30. The molecule has 0 saturated heterocycles. The largest absolute Gasteiger partial charge is 0.348 e. The molecule has 1 heterocycles. The molecule has 176 valence electrons. The number of carbonyl (C=O) groups excluding carboxylic acids is 1. The van der Waals surface area contributed by atoms with Gasteiger partial charge in [0.2, 0.25) is 0 Å². The molecule has 0 saturated carbocycles. The van der Waals surface area contributed by atoms with Gasteiger partial charge in [-0.25, -0.2) is 12.8 Å². The number of rotatable bonds is 4. The van der Waals surface area contributed by atoms with Crippen LogP contribution in [0.1, 0.15) is 21.5 Å². The number of carbonyl (C=O) groups is 1. The summed E-state index contributed by atoms with van der Waals surface area (Å²) in [6.07, 6.45) is 6.90. The number of benzene rings is 3. The van der Waals surface area contributed by atoms with E-state index in [2.05, 4.69) is 5.32 Å². The van der Waals surface area contributed by atoms with E-state index in [9.17, 15) is 17.6 Å². The third-order valence-corrected chi connectivity index (χ3v) is 8.37. The number of hydrogen-bond acceptors (Lipinski definition) is 4. The number of halogens is 2. The summed E-state index contributed by atoms with van der Waals surface area (Å²) in [4.78, 5) is 17.6. The number of sulfone groups is 1. The van der Waals surface area contributed by atoms with Crippen molar-refractivity contribution in [2.75, 3.05) is 0 Å². The molecular formula is C27H20ClFN2O3S. The smallest absolute Gasteiger partial charge is 0.251 e. The fraction of sp³-hybridized carbons (Fsp3) is 0.111. The summed E-state index contributed by atoms with van der Waals surface area (Å²) in [5, 5.41) is 2.53. The first-order valence-electron chi connectivity index (χ1n) is 10.9. The van der Waals surface area contributed by atoms with Gasteiger partial charge < -0.3 is 5.32 Å². The number of nitrogens with zero attached hydrogens (tertiary/aromatic N) is 1. The average Bonchev–Trinajstić information content (AvgIpc) is 2.95. The summed E-state index contributed by atoms with van der Waals surface area (Å²) in [7, 11) is -3.80. The molecule has 0 radical (unpaired) electrons. The van der Waals surface area contributed by atoms with Crippen LogP contribution in [0.4, 0.5) is 10.1 Å². The Morgan fingerprint density at radius 2 is 1.77 bits per heavy atom. The van der Waals surface area contributed by atoms with Gasteiger partial charge in [-0.15, -0.1) is 0 Å². The van der Waals surface area contributed by atoms with Gasteiger partial charge in [-0.2, -0.15) is 0 Å². The second kappa shape index (κ2) is 9.24. The van der Waals surface area contributed by atoms with Gasteiger partial charge in [-0.1, -0.05) is 60.2 Å². The Kier molecular flexibility index (Phi) is 6.13. The molecule has 8 heteroatoms. The van der Waals surface area contributed by atoms with Gasteiger partial charge in [0.05, 0.1) is 21.5 Å². The molecular weight excluding hydrogens is 487 g/mol. The van der Waals surface area contributed by atoms with E-state index in [0.717, 1.165) is 5.56 Å². The first-order valence-corrected chi connectivity index (χ1v) is 12.9. The molecule has 2 unspecified atom stereocenters. The van der Waals surface area contributed by atoms with Crippen LogP contribution in [0.5, 0.6) is 0 Å². The summed E-state index contributed by atoms with van der Waals surface area (Å²) >= 11 is 6.01. The Labute approximate surface area is 207 Å². The minimum absolute atomic E-state index is 0.0518. The molecule has 1 N–H and O–H groups in total. The highest BCUT2D eigenvalue weighted by molar-refractivity contribution is 7.92. The Hall–Kier alpha value is -3.55. The molecule has 0 aromatic heterocycles. The molecule has 0 spiro atoms. The number of fused-ring (bicyclic) bond motifs is 2. The van der Waals surface area contributed by atoms with Crippen molar-refractivity contribution in [2.45, 2.75) is 16.7 Å². The lowest BCUT2D eigenvalue weighted by atomic mass is 9.90. The highest BCUT2D eigenvalue weighted by atomic mass is 35.5. The number of amides is 1. The summed E-state index contributed by atoms with van der Waals surface area (Å²) in [6.45, 7) is 0.263. The zero-order valence-electron chi connectivity index (χ0n) is 18.4. The normalized spacial score (nSPS) is 19.8. The van der Waals surface area contributed by atoms with Crippen molar-refractivity contribution >= 4 is 38.7 Å². The number of hydrogen-bond donors (Lipinski definition) is 1. The molecule has 2 aliphatic rings. The van der Waals surface area contributed by atoms with E-state index in [-0.39, 0.29) is 28.6 Å². The third-order valence-electron chi connectivity index (χ3n) is 6.01. The van der Waals surface area contributed by atoms with Crippen molar-refractivity contribution in [1.29, 1.82) is 0 Å². The maximum atomic E-state index is 13.6. The molecule has 0 fully saturated rings. The van der Waals surface area contributed by atoms with E-state index in [4.69, 9.17) is 16.6 Å². The predicted octanol–water partition coefficient (Wildman–Crippen LogP) is 5.43. The topological polar surface area (TPSA) is 75.6 Å². The van der Waals surface area contributed by atoms with Crippen LogP contribution >= 0.6 is 11.6 Å². The summed E-state index contributed by atoms with van der Waals surface area (Å²) < 4.78 is 40.7. The fourth-order valence-corrected chi connectivity index (χ4v) is 6.34. The predicted molar refractivity (Wildman–Crippen MR) is 134 cm³/mol. The van der Waals surface area contributed by atoms with Crippen molar-refractivity contribution in [3.8, 4) is 0 Å². The molecule has 2 atom stereocenters. The Morgan fingerprint density at radius 3 is 2.54 bits per heavy atom. The molecule has 1 aliphatic carbocycles. The van der Waals surface area contributed by atoms with Crippen molar-refractivity contribution in [3.63, 3.8) is 0 Å². The van der Waals surface area contributed by atoms with Crippen LogP contribution in [-0.2, 0) is 16.4 Å². The first kappa shape index (κ1) is 23.2. The van der Waals surface area contributed by atoms with Crippen LogP contribution in [-0.4, -0.2) is 25.3 Å². The van der Waals surface area contributed by atoms with Gasteiger partial charge in [0.15, 0.2) is 9.84 Å². The zero-order chi connectivity index (χ0) is 24.6. The molecule has 0 bridgehead atoms. The Morgan fingerprint density at radius 1 is 1.00 bits per heavy atom. The standard InChI is InChI=1S/C27H20ClFN2O3S/c28-20-5-3-4-17(14-20)16-30-27(32)19-10-13-25-23(15-19)31-26(18-8-11-21(29)12-9-18)22-6-1-2-7-24(22)35(25,33)34/h1-15,22,24H,16H2,(H,30,32). The van der Waals surface area contributed by atoms with E-state index in [0.29, 0.717) is 16.3 Å². The van der Waals surface area contributed by atoms with Crippen molar-refractivity contribution in [1.82, 2.24) is 5.32 Å². The van der Waals surface area contributed by atoms with Gasteiger partial charge in [0.25, 0.3) is 5.91 Å². The molecule has 5 rings (SSSR count). The average molecular weight is 507 g/mol. The van der Waals surface area contributed by atoms with Crippen LogP contribution in [0.25, 0.3) is 0 Å². The van der Waals surface area contributed by atoms with E-state index < -0.39 is 26.8 Å². The summed E-state index contributed by atoms with van der Waals surface area (Å²) in [6, 6.07) is 17.3. The monoisotopic (exact) mass is 506 g/mol. The maximum Gasteiger partial charge on any atom is 0.251 e. The molecule has 3 aromatic rings. The van der Waals surface area contributed by atoms with Gasteiger partial charge in [0.1, 0.15) is 5.82 Å². The molecule has 3 aromatic carbocycles.